The predicted molar refractivity (Wildman–Crippen MR) is 123 cm³/mol. The van der Waals surface area contributed by atoms with Gasteiger partial charge in [0, 0.05) is 17.5 Å². The minimum atomic E-state index is -3.77. The molecule has 32 heavy (non-hydrogen) atoms. The van der Waals surface area contributed by atoms with Gasteiger partial charge in [0.1, 0.15) is 17.2 Å². The minimum absolute atomic E-state index is 0.0497. The van der Waals surface area contributed by atoms with Gasteiger partial charge in [0.25, 0.3) is 0 Å². The van der Waals surface area contributed by atoms with Gasteiger partial charge in [-0.1, -0.05) is 30.1 Å². The number of methoxy groups -OCH3 is 1. The molecule has 0 saturated heterocycles. The molecule has 1 aliphatic carbocycles. The summed E-state index contributed by atoms with van der Waals surface area (Å²) in [5.74, 6) is 1.53. The number of ether oxygens (including phenoxy) is 2. The summed E-state index contributed by atoms with van der Waals surface area (Å²) in [7, 11) is -2.17. The van der Waals surface area contributed by atoms with Crippen molar-refractivity contribution in [3.05, 3.63) is 57.6 Å². The normalized spacial score (nSPS) is 14.9. The second-order valence-corrected chi connectivity index (χ2v) is 10.9. The largest absolute Gasteiger partial charge is 0.493 e. The van der Waals surface area contributed by atoms with Crippen LogP contribution in [0.15, 0.2) is 45.1 Å². The second-order valence-electron chi connectivity index (χ2n) is 8.00. The van der Waals surface area contributed by atoms with Crippen molar-refractivity contribution in [2.24, 2.45) is 0 Å². The summed E-state index contributed by atoms with van der Waals surface area (Å²) >= 11 is 1.62. The molecular weight excluding hydrogens is 448 g/mol. The van der Waals surface area contributed by atoms with Crippen LogP contribution in [-0.4, -0.2) is 31.0 Å². The van der Waals surface area contributed by atoms with E-state index in [4.69, 9.17) is 14.0 Å². The van der Waals surface area contributed by atoms with Crippen molar-refractivity contribution in [1.29, 1.82) is 0 Å². The van der Waals surface area contributed by atoms with Gasteiger partial charge in [-0.3, -0.25) is 0 Å². The molecule has 172 valence electrons. The lowest BCUT2D eigenvalue weighted by atomic mass is 10.1. The van der Waals surface area contributed by atoms with E-state index in [1.807, 2.05) is 35.7 Å². The first kappa shape index (κ1) is 22.8. The molecule has 1 aliphatic rings. The molecule has 0 radical (unpaired) electrons. The zero-order valence-corrected chi connectivity index (χ0v) is 20.2. The fourth-order valence-corrected chi connectivity index (χ4v) is 6.80. The van der Waals surface area contributed by atoms with E-state index in [1.165, 1.54) is 0 Å². The number of benzene rings is 1. The molecule has 1 fully saturated rings. The van der Waals surface area contributed by atoms with Crippen LogP contribution in [-0.2, 0) is 23.2 Å². The quantitative estimate of drug-likeness (QED) is 0.429. The van der Waals surface area contributed by atoms with Crippen molar-refractivity contribution in [2.75, 3.05) is 7.11 Å². The summed E-state index contributed by atoms with van der Waals surface area (Å²) in [4.78, 5) is 1.28. The molecule has 0 bridgehead atoms. The Morgan fingerprint density at radius 1 is 1.19 bits per heavy atom. The Kier molecular flexibility index (Phi) is 6.88. The highest BCUT2D eigenvalue weighted by atomic mass is 32.2. The lowest BCUT2D eigenvalue weighted by Gasteiger charge is -2.28. The van der Waals surface area contributed by atoms with Crippen LogP contribution in [0.2, 0.25) is 0 Å². The highest BCUT2D eigenvalue weighted by Gasteiger charge is 2.37. The average Bonchev–Trinajstić information content (AvgIpc) is 3.53. The van der Waals surface area contributed by atoms with Crippen molar-refractivity contribution < 1.29 is 22.4 Å². The van der Waals surface area contributed by atoms with Gasteiger partial charge in [0.15, 0.2) is 17.3 Å². The molecule has 1 aromatic carbocycles. The van der Waals surface area contributed by atoms with Gasteiger partial charge in [0.05, 0.1) is 7.11 Å². The smallest absolute Gasteiger partial charge is 0.249 e. The third kappa shape index (κ3) is 4.69. The lowest BCUT2D eigenvalue weighted by molar-refractivity contribution is 0.284. The van der Waals surface area contributed by atoms with Crippen LogP contribution in [0.4, 0.5) is 0 Å². The van der Waals surface area contributed by atoms with Crippen molar-refractivity contribution >= 4 is 21.4 Å². The van der Waals surface area contributed by atoms with E-state index in [0.29, 0.717) is 29.6 Å². The van der Waals surface area contributed by atoms with Gasteiger partial charge < -0.3 is 14.0 Å². The van der Waals surface area contributed by atoms with E-state index in [0.717, 1.165) is 36.1 Å². The molecule has 0 spiro atoms. The second kappa shape index (κ2) is 9.64. The highest BCUT2D eigenvalue weighted by molar-refractivity contribution is 7.89. The van der Waals surface area contributed by atoms with E-state index >= 15 is 0 Å². The zero-order valence-electron chi connectivity index (χ0n) is 18.5. The SMILES string of the molecule is COc1ccc(CN(C2CCCC2)S(=O)(=O)c2c(C)noc2C)cc1OCc1cccs1. The Morgan fingerprint density at radius 2 is 1.97 bits per heavy atom. The number of hydrogen-bond acceptors (Lipinski definition) is 7. The molecule has 0 atom stereocenters. The van der Waals surface area contributed by atoms with Gasteiger partial charge >= 0.3 is 0 Å². The monoisotopic (exact) mass is 476 g/mol. The van der Waals surface area contributed by atoms with Crippen LogP contribution in [0.1, 0.15) is 47.6 Å². The molecule has 1 saturated carbocycles. The summed E-state index contributed by atoms with van der Waals surface area (Å²) in [5, 5.41) is 5.87. The summed E-state index contributed by atoms with van der Waals surface area (Å²) in [6.07, 6.45) is 3.74. The Balaban J connectivity index is 1.64. The summed E-state index contributed by atoms with van der Waals surface area (Å²) < 4.78 is 45.6. The zero-order chi connectivity index (χ0) is 22.7. The molecule has 7 nitrogen and oxygen atoms in total. The maximum Gasteiger partial charge on any atom is 0.249 e. The van der Waals surface area contributed by atoms with E-state index in [9.17, 15) is 8.42 Å². The van der Waals surface area contributed by atoms with E-state index in [-0.39, 0.29) is 17.5 Å². The molecule has 9 heteroatoms. The first-order valence-corrected chi connectivity index (χ1v) is 13.0. The van der Waals surface area contributed by atoms with Crippen LogP contribution in [0.3, 0.4) is 0 Å². The summed E-state index contributed by atoms with van der Waals surface area (Å²) in [6, 6.07) is 9.54. The molecular formula is C23H28N2O5S2. The topological polar surface area (TPSA) is 81.9 Å². The summed E-state index contributed by atoms with van der Waals surface area (Å²) in [6.45, 7) is 3.99. The molecule has 2 aromatic heterocycles. The highest BCUT2D eigenvalue weighted by Crippen LogP contribution is 2.35. The van der Waals surface area contributed by atoms with Gasteiger partial charge in [-0.05, 0) is 55.8 Å². The molecule has 0 amide bonds. The lowest BCUT2D eigenvalue weighted by Crippen LogP contribution is -2.38. The standard InChI is InChI=1S/C23H28N2O5S2/c1-16-23(17(2)30-24-16)32(26,27)25(19-7-4-5-8-19)14-18-10-11-21(28-3)22(13-18)29-15-20-9-6-12-31-20/h6,9-13,19H,4-5,7-8,14-15H2,1-3H3. The Bertz CT molecular complexity index is 1130. The fourth-order valence-electron chi connectivity index (χ4n) is 4.22. The number of hydrogen-bond donors (Lipinski definition) is 0. The van der Waals surface area contributed by atoms with Crippen LogP contribution >= 0.6 is 11.3 Å². The molecule has 0 N–H and O–H groups in total. The minimum Gasteiger partial charge on any atom is -0.493 e. The number of nitrogens with zero attached hydrogens (tertiary/aromatic N) is 2. The fraction of sp³-hybridized carbons (Fsp3) is 0.435. The number of sulfonamides is 1. The van der Waals surface area contributed by atoms with Crippen LogP contribution in [0.25, 0.3) is 0 Å². The van der Waals surface area contributed by atoms with Crippen molar-refractivity contribution in [1.82, 2.24) is 9.46 Å². The number of aromatic nitrogens is 1. The van der Waals surface area contributed by atoms with Gasteiger partial charge in [-0.25, -0.2) is 8.42 Å². The predicted octanol–water partition coefficient (Wildman–Crippen LogP) is 5.07. The third-order valence-electron chi connectivity index (χ3n) is 5.78. The molecule has 2 heterocycles. The van der Waals surface area contributed by atoms with Crippen LogP contribution in [0.5, 0.6) is 11.5 Å². The summed E-state index contributed by atoms with van der Waals surface area (Å²) in [5.41, 5.74) is 1.23. The first-order chi connectivity index (χ1) is 15.4. The van der Waals surface area contributed by atoms with Crippen LogP contribution in [0, 0.1) is 13.8 Å². The molecule has 3 aromatic rings. The Morgan fingerprint density at radius 3 is 2.59 bits per heavy atom. The first-order valence-electron chi connectivity index (χ1n) is 10.7. The van der Waals surface area contributed by atoms with Crippen molar-refractivity contribution in [2.45, 2.75) is 63.6 Å². The number of rotatable bonds is 9. The maximum atomic E-state index is 13.7. The van der Waals surface area contributed by atoms with Crippen molar-refractivity contribution in [3.8, 4) is 11.5 Å². The van der Waals surface area contributed by atoms with Gasteiger partial charge in [-0.2, -0.15) is 4.31 Å². The van der Waals surface area contributed by atoms with Crippen molar-refractivity contribution in [3.63, 3.8) is 0 Å². The van der Waals surface area contributed by atoms with Gasteiger partial charge in [0.2, 0.25) is 10.0 Å². The number of thiophene rings is 1. The van der Waals surface area contributed by atoms with Crippen LogP contribution < -0.4 is 9.47 Å². The Hall–Kier alpha value is -2.36. The number of aryl methyl sites for hydroxylation is 2. The Labute approximate surface area is 193 Å². The van der Waals surface area contributed by atoms with Gasteiger partial charge in [-0.15, -0.1) is 11.3 Å². The maximum absolute atomic E-state index is 13.7. The van der Waals surface area contributed by atoms with E-state index in [1.54, 1.807) is 36.6 Å². The molecule has 4 rings (SSSR count). The van der Waals surface area contributed by atoms with E-state index < -0.39 is 10.0 Å². The molecule has 0 unspecified atom stereocenters. The third-order valence-corrected chi connectivity index (χ3v) is 8.78. The average molecular weight is 477 g/mol. The van der Waals surface area contributed by atoms with E-state index in [2.05, 4.69) is 5.16 Å². The molecule has 0 aliphatic heterocycles.